The molecule has 10 heteroatoms. The first-order valence-corrected chi connectivity index (χ1v) is 12.2. The average Bonchev–Trinajstić information content (AvgIpc) is 3.64. The van der Waals surface area contributed by atoms with Crippen LogP contribution in [0.15, 0.2) is 54.2 Å². The number of aliphatic imine (C=N–C) groups is 1. The van der Waals surface area contributed by atoms with Gasteiger partial charge in [-0.2, -0.15) is 10.2 Å². The van der Waals surface area contributed by atoms with Gasteiger partial charge in [-0.3, -0.25) is 9.67 Å². The van der Waals surface area contributed by atoms with Crippen LogP contribution in [-0.2, 0) is 18.3 Å². The Morgan fingerprint density at radius 1 is 1.06 bits per heavy atom. The van der Waals surface area contributed by atoms with Crippen LogP contribution < -0.4 is 4.90 Å². The van der Waals surface area contributed by atoms with E-state index in [1.54, 1.807) is 4.68 Å². The first-order chi connectivity index (χ1) is 17.6. The van der Waals surface area contributed by atoms with E-state index in [4.69, 9.17) is 9.72 Å². The summed E-state index contributed by atoms with van der Waals surface area (Å²) in [4.78, 5) is 25.0. The van der Waals surface area contributed by atoms with Gasteiger partial charge in [0.15, 0.2) is 0 Å². The molecule has 6 rings (SSSR count). The maximum absolute atomic E-state index is 11.9. The van der Waals surface area contributed by atoms with Gasteiger partial charge in [-0.15, -0.1) is 0 Å². The number of amides is 1. The van der Waals surface area contributed by atoms with Crippen molar-refractivity contribution in [2.24, 2.45) is 12.0 Å². The van der Waals surface area contributed by atoms with Crippen molar-refractivity contribution in [1.29, 1.82) is 0 Å². The number of ether oxygens (including phenoxy) is 1. The average molecular weight is 485 g/mol. The predicted molar refractivity (Wildman–Crippen MR) is 137 cm³/mol. The molecule has 4 aromatic heterocycles. The van der Waals surface area contributed by atoms with Crippen molar-refractivity contribution in [2.75, 3.05) is 31.1 Å². The number of fused-ring (bicyclic) bond motifs is 1. The maximum atomic E-state index is 11.9. The van der Waals surface area contributed by atoms with Crippen LogP contribution in [0.25, 0.3) is 27.8 Å². The van der Waals surface area contributed by atoms with Gasteiger partial charge in [-0.1, -0.05) is 0 Å². The number of hydrogen-bond donors (Lipinski definition) is 0. The number of nitrogens with zero attached hydrogens (tertiary/aromatic N) is 8. The summed E-state index contributed by atoms with van der Waals surface area (Å²) in [5, 5.41) is 8.91. The van der Waals surface area contributed by atoms with Gasteiger partial charge < -0.3 is 14.5 Å². The Bertz CT molecular complexity index is 1420. The van der Waals surface area contributed by atoms with Crippen molar-refractivity contribution in [3.63, 3.8) is 0 Å². The lowest BCUT2D eigenvalue weighted by molar-refractivity contribution is 0.142. The van der Waals surface area contributed by atoms with Crippen molar-refractivity contribution in [3.8, 4) is 22.3 Å². The number of rotatable bonds is 6. The zero-order valence-corrected chi connectivity index (χ0v) is 20.2. The molecular formula is C26H28N8O2. The Hall–Kier alpha value is -4.21. The number of piperidine rings is 1. The number of aromatic nitrogens is 5. The van der Waals surface area contributed by atoms with Crippen molar-refractivity contribution in [1.82, 2.24) is 29.3 Å². The number of hydrogen-bond acceptors (Lipinski definition) is 7. The third kappa shape index (κ3) is 3.98. The minimum Gasteiger partial charge on any atom is -0.448 e. The topological polar surface area (TPSA) is 93.1 Å². The van der Waals surface area contributed by atoms with Crippen molar-refractivity contribution in [3.05, 3.63) is 54.7 Å². The zero-order valence-electron chi connectivity index (χ0n) is 20.2. The van der Waals surface area contributed by atoms with Crippen LogP contribution in [0.1, 0.15) is 18.4 Å². The van der Waals surface area contributed by atoms with Gasteiger partial charge in [0, 0.05) is 72.6 Å². The number of cyclic esters (lactones) is 1. The molecule has 0 aromatic carbocycles. The Morgan fingerprint density at radius 2 is 1.92 bits per heavy atom. The highest BCUT2D eigenvalue weighted by atomic mass is 16.6. The smallest absolute Gasteiger partial charge is 0.410 e. The third-order valence-corrected chi connectivity index (χ3v) is 7.09. The van der Waals surface area contributed by atoms with Crippen LogP contribution in [0, 0.1) is 0 Å². The lowest BCUT2D eigenvalue weighted by Gasteiger charge is -2.36. The molecule has 0 saturated carbocycles. The fourth-order valence-electron chi connectivity index (χ4n) is 5.25. The SMILES string of the molecule is C=NCc1cnn2cc(-c3cnn(C)c3)cc(-c3ccc(N4CCC(N5CCOC5=O)CC4)nc3)c12. The Balaban J connectivity index is 1.29. The second-order valence-corrected chi connectivity index (χ2v) is 9.32. The van der Waals surface area contributed by atoms with E-state index in [9.17, 15) is 4.79 Å². The van der Waals surface area contributed by atoms with Crippen LogP contribution in [0.3, 0.4) is 0 Å². The van der Waals surface area contributed by atoms with E-state index in [-0.39, 0.29) is 12.1 Å². The molecule has 0 N–H and O–H groups in total. The van der Waals surface area contributed by atoms with E-state index in [0.29, 0.717) is 19.7 Å². The number of aryl methyl sites for hydroxylation is 1. The molecule has 4 aromatic rings. The Morgan fingerprint density at radius 3 is 2.58 bits per heavy atom. The minimum absolute atomic E-state index is 0.179. The highest BCUT2D eigenvalue weighted by Gasteiger charge is 2.32. The highest BCUT2D eigenvalue weighted by Crippen LogP contribution is 2.33. The lowest BCUT2D eigenvalue weighted by Crippen LogP contribution is -2.45. The summed E-state index contributed by atoms with van der Waals surface area (Å²) < 4.78 is 8.81. The summed E-state index contributed by atoms with van der Waals surface area (Å²) in [5.41, 5.74) is 6.12. The predicted octanol–water partition coefficient (Wildman–Crippen LogP) is 3.42. The second-order valence-electron chi connectivity index (χ2n) is 9.32. The van der Waals surface area contributed by atoms with Gasteiger partial charge in [-0.05, 0) is 37.8 Å². The minimum atomic E-state index is -0.179. The molecule has 0 spiro atoms. The summed E-state index contributed by atoms with van der Waals surface area (Å²) in [6, 6.07) is 6.61. The number of carbonyl (C=O) groups is 1. The Kier molecular flexibility index (Phi) is 5.63. The number of pyridine rings is 2. The van der Waals surface area contributed by atoms with Gasteiger partial charge in [0.05, 0.1) is 31.0 Å². The van der Waals surface area contributed by atoms with Crippen LogP contribution in [0.5, 0.6) is 0 Å². The molecule has 1 amide bonds. The summed E-state index contributed by atoms with van der Waals surface area (Å²) in [6.07, 6.45) is 11.3. The van der Waals surface area contributed by atoms with E-state index in [0.717, 1.165) is 65.1 Å². The van der Waals surface area contributed by atoms with Crippen LogP contribution in [0.4, 0.5) is 10.6 Å². The first kappa shape index (κ1) is 22.3. The van der Waals surface area contributed by atoms with E-state index in [1.807, 2.05) is 47.4 Å². The summed E-state index contributed by atoms with van der Waals surface area (Å²) in [7, 11) is 1.91. The quantitative estimate of drug-likeness (QED) is 0.390. The fraction of sp³-hybridized carbons (Fsp3) is 0.346. The molecule has 2 saturated heterocycles. The highest BCUT2D eigenvalue weighted by molar-refractivity contribution is 5.86. The Labute approximate surface area is 208 Å². The van der Waals surface area contributed by atoms with Crippen molar-refractivity contribution >= 4 is 24.1 Å². The molecule has 2 fully saturated rings. The maximum Gasteiger partial charge on any atom is 0.410 e. The number of anilines is 1. The first-order valence-electron chi connectivity index (χ1n) is 12.2. The normalized spacial score (nSPS) is 16.6. The van der Waals surface area contributed by atoms with Gasteiger partial charge in [-0.25, -0.2) is 14.3 Å². The molecule has 2 aliphatic rings. The van der Waals surface area contributed by atoms with Gasteiger partial charge in [0.25, 0.3) is 0 Å². The van der Waals surface area contributed by atoms with E-state index in [1.165, 1.54) is 0 Å². The van der Waals surface area contributed by atoms with E-state index in [2.05, 4.69) is 45.0 Å². The zero-order chi connectivity index (χ0) is 24.6. The standard InChI is InChI=1S/C26H28N8O2/c1-27-12-20-14-30-34-17-19(21-15-29-31(2)16-21)11-23(25(20)34)18-3-4-24(28-13-18)32-7-5-22(6-8-32)33-9-10-36-26(33)35/h3-4,11,13-17,22H,1,5-10,12H2,2H3. The van der Waals surface area contributed by atoms with Crippen LogP contribution in [0.2, 0.25) is 0 Å². The lowest BCUT2D eigenvalue weighted by atomic mass is 10.0. The molecule has 10 nitrogen and oxygen atoms in total. The van der Waals surface area contributed by atoms with Gasteiger partial charge >= 0.3 is 6.09 Å². The van der Waals surface area contributed by atoms with Gasteiger partial charge in [0.2, 0.25) is 0 Å². The molecule has 6 heterocycles. The summed E-state index contributed by atoms with van der Waals surface area (Å²) >= 11 is 0. The molecular weight excluding hydrogens is 456 g/mol. The largest absolute Gasteiger partial charge is 0.448 e. The van der Waals surface area contributed by atoms with E-state index >= 15 is 0 Å². The molecule has 0 aliphatic carbocycles. The van der Waals surface area contributed by atoms with Crippen LogP contribution >= 0.6 is 0 Å². The molecule has 0 unspecified atom stereocenters. The van der Waals surface area contributed by atoms with Crippen molar-refractivity contribution < 1.29 is 9.53 Å². The van der Waals surface area contributed by atoms with Crippen molar-refractivity contribution in [2.45, 2.75) is 25.4 Å². The number of carbonyl (C=O) groups excluding carboxylic acids is 1. The van der Waals surface area contributed by atoms with Gasteiger partial charge in [0.1, 0.15) is 12.4 Å². The third-order valence-electron chi connectivity index (χ3n) is 7.09. The van der Waals surface area contributed by atoms with Crippen LogP contribution in [-0.4, -0.2) is 74.4 Å². The summed E-state index contributed by atoms with van der Waals surface area (Å²) in [5.74, 6) is 0.946. The monoisotopic (exact) mass is 484 g/mol. The second kappa shape index (κ2) is 9.10. The van der Waals surface area contributed by atoms with E-state index < -0.39 is 0 Å². The molecule has 2 aliphatic heterocycles. The molecule has 0 bridgehead atoms. The molecule has 0 atom stereocenters. The molecule has 36 heavy (non-hydrogen) atoms. The molecule has 0 radical (unpaired) electrons. The summed E-state index contributed by atoms with van der Waals surface area (Å²) in [6.45, 7) is 7.08. The fourth-order valence-corrected chi connectivity index (χ4v) is 5.25. The molecule has 184 valence electrons.